The molecule has 0 bridgehead atoms. The van der Waals surface area contributed by atoms with Crippen LogP contribution >= 0.6 is 7.82 Å². The van der Waals surface area contributed by atoms with Crippen molar-refractivity contribution in [1.29, 1.82) is 0 Å². The SMILES string of the molecule is CCOc1nc(N)nc2c1ncn2[C@@H](CF)O[C@@H]1COP(=O)(OC(C)C)O[C@H]1C. The summed E-state index contributed by atoms with van der Waals surface area (Å²) in [7, 11) is -3.68. The Hall–Kier alpha value is -1.85. The van der Waals surface area contributed by atoms with Crippen LogP contribution in [0.25, 0.3) is 11.2 Å². The van der Waals surface area contributed by atoms with E-state index in [4.69, 9.17) is 28.8 Å². The van der Waals surface area contributed by atoms with Gasteiger partial charge in [0, 0.05) is 0 Å². The lowest BCUT2D eigenvalue weighted by molar-refractivity contribution is -0.143. The van der Waals surface area contributed by atoms with E-state index in [1.807, 2.05) is 0 Å². The number of ether oxygens (including phenoxy) is 2. The fourth-order valence-corrected chi connectivity index (χ4v) is 4.36. The number of aromatic nitrogens is 4. The van der Waals surface area contributed by atoms with Crippen LogP contribution in [0.4, 0.5) is 10.3 Å². The topological polar surface area (TPSA) is 133 Å². The molecule has 0 saturated carbocycles. The lowest BCUT2D eigenvalue weighted by Gasteiger charge is -2.35. The molecule has 29 heavy (non-hydrogen) atoms. The summed E-state index contributed by atoms with van der Waals surface area (Å²) >= 11 is 0. The van der Waals surface area contributed by atoms with Crippen LogP contribution in [0.5, 0.6) is 5.88 Å². The zero-order valence-corrected chi connectivity index (χ0v) is 17.5. The summed E-state index contributed by atoms with van der Waals surface area (Å²) in [5.74, 6) is 0.167. The molecular weight excluding hydrogens is 408 g/mol. The van der Waals surface area contributed by atoms with E-state index < -0.39 is 32.9 Å². The van der Waals surface area contributed by atoms with E-state index in [0.717, 1.165) is 0 Å². The molecule has 162 valence electrons. The Labute approximate surface area is 167 Å². The molecule has 1 fully saturated rings. The van der Waals surface area contributed by atoms with E-state index in [0.29, 0.717) is 12.1 Å². The van der Waals surface area contributed by atoms with Gasteiger partial charge in [0.25, 0.3) is 0 Å². The fraction of sp³-hybridized carbons (Fsp3) is 0.688. The molecule has 2 N–H and O–H groups in total. The molecule has 2 aromatic heterocycles. The van der Waals surface area contributed by atoms with Crippen molar-refractivity contribution in [2.75, 3.05) is 25.6 Å². The molecule has 13 heteroatoms. The summed E-state index contributed by atoms with van der Waals surface area (Å²) in [5.41, 5.74) is 6.34. The molecule has 3 rings (SSSR count). The molecule has 1 unspecified atom stereocenters. The van der Waals surface area contributed by atoms with Gasteiger partial charge in [-0.25, -0.2) is 13.9 Å². The predicted molar refractivity (Wildman–Crippen MR) is 101 cm³/mol. The minimum Gasteiger partial charge on any atom is -0.476 e. The zero-order valence-electron chi connectivity index (χ0n) is 16.6. The minimum absolute atomic E-state index is 0.0372. The average Bonchev–Trinajstić information content (AvgIpc) is 3.04. The van der Waals surface area contributed by atoms with Gasteiger partial charge in [0.1, 0.15) is 12.8 Å². The van der Waals surface area contributed by atoms with Crippen molar-refractivity contribution in [3.8, 4) is 5.88 Å². The Morgan fingerprint density at radius 2 is 2.21 bits per heavy atom. The number of anilines is 1. The van der Waals surface area contributed by atoms with Crippen molar-refractivity contribution in [2.45, 2.75) is 52.2 Å². The van der Waals surface area contributed by atoms with Gasteiger partial charge in [-0.1, -0.05) is 0 Å². The van der Waals surface area contributed by atoms with Gasteiger partial charge >= 0.3 is 7.82 Å². The van der Waals surface area contributed by atoms with Crippen LogP contribution in [0, 0.1) is 0 Å². The van der Waals surface area contributed by atoms with Crippen molar-refractivity contribution in [2.24, 2.45) is 0 Å². The standard InChI is InChI=1S/C16H25FN5O6P/c1-5-24-15-13-14(20-16(18)21-15)22(8-19-13)12(6-17)26-11-7-25-29(23,27-9(2)3)28-10(11)4/h8-12H,5-7H2,1-4H3,(H2,18,20,21)/t10-,11+,12+,29?/m0/s1. The number of nitrogens with two attached hydrogens (primary N) is 1. The maximum atomic E-state index is 13.9. The summed E-state index contributed by atoms with van der Waals surface area (Å²) in [4.78, 5) is 12.3. The lowest BCUT2D eigenvalue weighted by atomic mass is 10.2. The second-order valence-corrected chi connectivity index (χ2v) is 8.21. The van der Waals surface area contributed by atoms with E-state index in [2.05, 4.69) is 15.0 Å². The number of phosphoric acid groups is 1. The van der Waals surface area contributed by atoms with Gasteiger partial charge in [-0.15, -0.1) is 0 Å². The molecule has 3 heterocycles. The van der Waals surface area contributed by atoms with Crippen LogP contribution in [0.3, 0.4) is 0 Å². The van der Waals surface area contributed by atoms with Gasteiger partial charge < -0.3 is 15.2 Å². The normalized spacial score (nSPS) is 26.1. The van der Waals surface area contributed by atoms with Gasteiger partial charge in [0.2, 0.25) is 11.8 Å². The van der Waals surface area contributed by atoms with E-state index in [9.17, 15) is 8.96 Å². The fourth-order valence-electron chi connectivity index (χ4n) is 2.80. The number of hydrogen-bond acceptors (Lipinski definition) is 10. The highest BCUT2D eigenvalue weighted by Crippen LogP contribution is 2.54. The van der Waals surface area contributed by atoms with Crippen LogP contribution in [-0.2, 0) is 22.9 Å². The van der Waals surface area contributed by atoms with Crippen LogP contribution in [0.1, 0.15) is 33.9 Å². The number of nitrogens with zero attached hydrogens (tertiary/aromatic N) is 4. The Morgan fingerprint density at radius 3 is 2.83 bits per heavy atom. The number of nitrogen functional groups attached to an aromatic ring is 1. The van der Waals surface area contributed by atoms with Crippen LogP contribution in [0.2, 0.25) is 0 Å². The molecule has 1 aliphatic rings. The second-order valence-electron chi connectivity index (χ2n) is 6.64. The highest BCUT2D eigenvalue weighted by atomic mass is 31.2. The van der Waals surface area contributed by atoms with E-state index in [1.54, 1.807) is 27.7 Å². The monoisotopic (exact) mass is 433 g/mol. The smallest absolute Gasteiger partial charge is 0.475 e. The molecule has 1 saturated heterocycles. The second kappa shape index (κ2) is 8.88. The van der Waals surface area contributed by atoms with E-state index in [-0.39, 0.29) is 30.2 Å². The largest absolute Gasteiger partial charge is 0.476 e. The van der Waals surface area contributed by atoms with Crippen molar-refractivity contribution >= 4 is 24.9 Å². The highest BCUT2D eigenvalue weighted by molar-refractivity contribution is 7.48. The molecule has 0 amide bonds. The molecule has 11 nitrogen and oxygen atoms in total. The minimum atomic E-state index is -3.68. The Morgan fingerprint density at radius 1 is 1.45 bits per heavy atom. The lowest BCUT2D eigenvalue weighted by Crippen LogP contribution is -2.39. The molecular formula is C16H25FN5O6P. The van der Waals surface area contributed by atoms with Crippen molar-refractivity contribution in [3.63, 3.8) is 0 Å². The van der Waals surface area contributed by atoms with Crippen LogP contribution in [0.15, 0.2) is 6.33 Å². The summed E-state index contributed by atoms with van der Waals surface area (Å²) in [6, 6.07) is 0. The maximum Gasteiger partial charge on any atom is 0.475 e. The maximum absolute atomic E-state index is 13.9. The third-order valence-electron chi connectivity index (χ3n) is 4.02. The first kappa shape index (κ1) is 21.8. The van der Waals surface area contributed by atoms with Crippen molar-refractivity contribution in [1.82, 2.24) is 19.5 Å². The van der Waals surface area contributed by atoms with Gasteiger partial charge in [-0.05, 0) is 27.7 Å². The Balaban J connectivity index is 1.80. The molecule has 0 aliphatic carbocycles. The first-order valence-electron chi connectivity index (χ1n) is 9.22. The average molecular weight is 433 g/mol. The van der Waals surface area contributed by atoms with Crippen molar-refractivity contribution < 1.29 is 32.0 Å². The molecule has 0 spiro atoms. The summed E-state index contributed by atoms with van der Waals surface area (Å²) < 4.78 is 54.8. The van der Waals surface area contributed by atoms with Crippen molar-refractivity contribution in [3.05, 3.63) is 6.33 Å². The van der Waals surface area contributed by atoms with E-state index in [1.165, 1.54) is 10.9 Å². The third-order valence-corrected chi connectivity index (χ3v) is 5.75. The predicted octanol–water partition coefficient (Wildman–Crippen LogP) is 2.63. The van der Waals surface area contributed by atoms with Crippen LogP contribution < -0.4 is 10.5 Å². The van der Waals surface area contributed by atoms with Gasteiger partial charge in [0.15, 0.2) is 17.4 Å². The number of imidazole rings is 1. The first-order valence-corrected chi connectivity index (χ1v) is 10.7. The highest BCUT2D eigenvalue weighted by Gasteiger charge is 2.41. The number of alkyl halides is 1. The quantitative estimate of drug-likeness (QED) is 0.619. The molecule has 4 atom stereocenters. The number of halogens is 1. The van der Waals surface area contributed by atoms with Crippen LogP contribution in [-0.4, -0.2) is 57.7 Å². The summed E-state index contributed by atoms with van der Waals surface area (Å²) in [6.07, 6.45) is -1.42. The third kappa shape index (κ3) is 4.84. The van der Waals surface area contributed by atoms with Gasteiger partial charge in [0.05, 0.1) is 31.7 Å². The molecule has 1 aliphatic heterocycles. The summed E-state index contributed by atoms with van der Waals surface area (Å²) in [6.45, 7) is 6.26. The Bertz CT molecular complexity index is 896. The van der Waals surface area contributed by atoms with Gasteiger partial charge in [-0.2, -0.15) is 9.97 Å². The molecule has 2 aromatic rings. The summed E-state index contributed by atoms with van der Waals surface area (Å²) in [5, 5.41) is 0. The van der Waals surface area contributed by atoms with Gasteiger partial charge in [-0.3, -0.25) is 18.1 Å². The number of phosphoric ester groups is 1. The molecule has 0 aromatic carbocycles. The molecule has 0 radical (unpaired) electrons. The Kier molecular flexibility index (Phi) is 6.69. The first-order chi connectivity index (χ1) is 13.8. The number of fused-ring (bicyclic) bond motifs is 1. The number of rotatable bonds is 8. The number of hydrogen-bond donors (Lipinski definition) is 1. The zero-order chi connectivity index (χ0) is 21.2. The van der Waals surface area contributed by atoms with E-state index >= 15 is 0 Å².